The van der Waals surface area contributed by atoms with Crippen LogP contribution >= 0.6 is 0 Å². The number of amides is 2. The summed E-state index contributed by atoms with van der Waals surface area (Å²) < 4.78 is 0. The van der Waals surface area contributed by atoms with Gasteiger partial charge in [-0.25, -0.2) is 4.79 Å². The number of nitrogens with one attached hydrogen (secondary N) is 3. The van der Waals surface area contributed by atoms with Gasteiger partial charge in [-0.1, -0.05) is 41.5 Å². The van der Waals surface area contributed by atoms with E-state index in [0.717, 1.165) is 16.5 Å². The number of nitrogens with zero attached hydrogens (tertiary/aromatic N) is 3. The average molecular weight is 420 g/mol. The van der Waals surface area contributed by atoms with Gasteiger partial charge in [0.15, 0.2) is 0 Å². The van der Waals surface area contributed by atoms with Crippen molar-refractivity contribution >= 4 is 34.4 Å². The molecule has 0 fully saturated rings. The Morgan fingerprint density at radius 1 is 1.13 bits per heavy atom. The van der Waals surface area contributed by atoms with Crippen LogP contribution in [-0.4, -0.2) is 40.0 Å². The molecule has 158 valence electrons. The Morgan fingerprint density at radius 2 is 1.84 bits per heavy atom. The summed E-state index contributed by atoms with van der Waals surface area (Å²) in [6, 6.07) is 11.4. The Hall–Kier alpha value is -4.30. The molecule has 0 bridgehead atoms. The second-order valence-corrected chi connectivity index (χ2v) is 6.86. The topological polar surface area (TPSA) is 160 Å². The maximum atomic E-state index is 12.5. The highest BCUT2D eigenvalue weighted by Gasteiger charge is 2.25. The van der Waals surface area contributed by atoms with Gasteiger partial charge in [0.25, 0.3) is 5.91 Å². The first-order valence-corrected chi connectivity index (χ1v) is 9.44. The monoisotopic (exact) mass is 420 g/mol. The molecular formula is C21H20N6O4. The van der Waals surface area contributed by atoms with Crippen LogP contribution in [0, 0.1) is 0 Å². The number of carbonyl (C=O) groups is 3. The lowest BCUT2D eigenvalue weighted by Gasteiger charge is -2.19. The largest absolute Gasteiger partial charge is 0.480 e. The number of aromatic amines is 1. The number of benzene rings is 2. The van der Waals surface area contributed by atoms with Crippen LogP contribution in [0.4, 0.5) is 5.69 Å². The second kappa shape index (κ2) is 9.47. The minimum absolute atomic E-state index is 0.0749. The van der Waals surface area contributed by atoms with Gasteiger partial charge in [0, 0.05) is 34.0 Å². The number of rotatable bonds is 8. The number of carboxylic acid groups (broad SMARTS) is 1. The molecule has 10 heteroatoms. The van der Waals surface area contributed by atoms with Crippen molar-refractivity contribution in [3.8, 4) is 0 Å². The molecule has 2 aromatic carbocycles. The smallest absolute Gasteiger partial charge is 0.326 e. The third-order valence-corrected chi connectivity index (χ3v) is 4.76. The number of para-hydroxylation sites is 1. The minimum atomic E-state index is -1.19. The summed E-state index contributed by atoms with van der Waals surface area (Å²) in [5.41, 5.74) is 10.5. The predicted molar refractivity (Wildman–Crippen MR) is 114 cm³/mol. The highest BCUT2D eigenvalue weighted by atomic mass is 16.4. The maximum Gasteiger partial charge on any atom is 0.326 e. The molecular weight excluding hydrogens is 400 g/mol. The standard InChI is InChI=1S/C21H20N6O4/c1-12(24-20(29)15-7-3-5-9-17(15)26-27-22)19(28)25-18(21(30)31)10-13-11-23-16-8-4-2-6-14(13)16/h2-9,11-12,18,23H,10H2,1H3,(H,24,29)(H,25,28)(H,30,31)/t12-,18-/m0/s1. The number of H-pyrrole nitrogens is 1. The number of hydrogen-bond donors (Lipinski definition) is 4. The Labute approximate surface area is 176 Å². The molecule has 0 saturated heterocycles. The third-order valence-electron chi connectivity index (χ3n) is 4.76. The van der Waals surface area contributed by atoms with Crippen LogP contribution in [0.25, 0.3) is 21.3 Å². The fraction of sp³-hybridized carbons (Fsp3) is 0.190. The fourth-order valence-electron chi connectivity index (χ4n) is 3.16. The van der Waals surface area contributed by atoms with Gasteiger partial charge in [-0.3, -0.25) is 9.59 Å². The van der Waals surface area contributed by atoms with E-state index in [4.69, 9.17) is 5.53 Å². The van der Waals surface area contributed by atoms with E-state index in [0.29, 0.717) is 0 Å². The first-order chi connectivity index (χ1) is 14.9. The normalized spacial score (nSPS) is 12.4. The molecule has 0 unspecified atom stereocenters. The van der Waals surface area contributed by atoms with Crippen molar-refractivity contribution in [3.05, 3.63) is 76.3 Å². The van der Waals surface area contributed by atoms with Crippen LogP contribution in [0.15, 0.2) is 59.8 Å². The number of aromatic nitrogens is 1. The summed E-state index contributed by atoms with van der Waals surface area (Å²) in [5, 5.41) is 18.9. The molecule has 2 atom stereocenters. The molecule has 0 aliphatic heterocycles. The number of carboxylic acids is 1. The lowest BCUT2D eigenvalue weighted by molar-refractivity contribution is -0.142. The zero-order valence-corrected chi connectivity index (χ0v) is 16.6. The van der Waals surface area contributed by atoms with Crippen LogP contribution in [-0.2, 0) is 16.0 Å². The molecule has 10 nitrogen and oxygen atoms in total. The van der Waals surface area contributed by atoms with Gasteiger partial charge < -0.3 is 20.7 Å². The Kier molecular flexibility index (Phi) is 6.54. The van der Waals surface area contributed by atoms with Gasteiger partial charge >= 0.3 is 5.97 Å². The van der Waals surface area contributed by atoms with Gasteiger partial charge in [0.2, 0.25) is 5.91 Å². The number of fused-ring (bicyclic) bond motifs is 1. The highest BCUT2D eigenvalue weighted by molar-refractivity contribution is 6.01. The summed E-state index contributed by atoms with van der Waals surface area (Å²) in [4.78, 5) is 42.5. The van der Waals surface area contributed by atoms with Gasteiger partial charge in [-0.05, 0) is 30.2 Å². The maximum absolute atomic E-state index is 12.5. The van der Waals surface area contributed by atoms with Gasteiger partial charge in [-0.2, -0.15) is 0 Å². The van der Waals surface area contributed by atoms with Crippen LogP contribution in [0.1, 0.15) is 22.8 Å². The van der Waals surface area contributed by atoms with Crippen LogP contribution in [0.5, 0.6) is 0 Å². The molecule has 3 rings (SSSR count). The first-order valence-electron chi connectivity index (χ1n) is 9.44. The summed E-state index contributed by atoms with van der Waals surface area (Å²) in [5.74, 6) is -2.46. The lowest BCUT2D eigenvalue weighted by Crippen LogP contribution is -2.51. The van der Waals surface area contributed by atoms with Crippen molar-refractivity contribution in [3.63, 3.8) is 0 Å². The average Bonchev–Trinajstić information content (AvgIpc) is 3.16. The Balaban J connectivity index is 1.69. The Morgan fingerprint density at radius 3 is 2.58 bits per heavy atom. The molecule has 2 amide bonds. The molecule has 0 spiro atoms. The first kappa shape index (κ1) is 21.4. The lowest BCUT2D eigenvalue weighted by atomic mass is 10.0. The number of aliphatic carboxylic acids is 1. The zero-order chi connectivity index (χ0) is 22.4. The van der Waals surface area contributed by atoms with Crippen LogP contribution in [0.2, 0.25) is 0 Å². The molecule has 0 radical (unpaired) electrons. The van der Waals surface area contributed by atoms with Crippen molar-refractivity contribution in [1.29, 1.82) is 0 Å². The van der Waals surface area contributed by atoms with E-state index in [-0.39, 0.29) is 17.7 Å². The van der Waals surface area contributed by atoms with Crippen LogP contribution in [0.3, 0.4) is 0 Å². The van der Waals surface area contributed by atoms with E-state index in [1.54, 1.807) is 18.3 Å². The van der Waals surface area contributed by atoms with Crippen LogP contribution < -0.4 is 10.6 Å². The molecule has 1 heterocycles. The van der Waals surface area contributed by atoms with Gasteiger partial charge in [0.05, 0.1) is 5.69 Å². The van der Waals surface area contributed by atoms with E-state index in [1.807, 2.05) is 24.3 Å². The predicted octanol–water partition coefficient (Wildman–Crippen LogP) is 3.04. The summed E-state index contributed by atoms with van der Waals surface area (Å²) in [7, 11) is 0. The molecule has 0 aliphatic rings. The second-order valence-electron chi connectivity index (χ2n) is 6.86. The van der Waals surface area contributed by atoms with E-state index < -0.39 is 29.9 Å². The molecule has 4 N–H and O–H groups in total. The Bertz CT molecular complexity index is 1180. The summed E-state index contributed by atoms with van der Waals surface area (Å²) in [6.45, 7) is 1.44. The number of hydrogen-bond acceptors (Lipinski definition) is 4. The molecule has 3 aromatic rings. The minimum Gasteiger partial charge on any atom is -0.480 e. The fourth-order valence-corrected chi connectivity index (χ4v) is 3.16. The van der Waals surface area contributed by atoms with E-state index in [1.165, 1.54) is 19.1 Å². The molecule has 0 saturated carbocycles. The van der Waals surface area contributed by atoms with Crippen molar-refractivity contribution in [2.24, 2.45) is 5.11 Å². The van der Waals surface area contributed by atoms with E-state index >= 15 is 0 Å². The summed E-state index contributed by atoms with van der Waals surface area (Å²) >= 11 is 0. The molecule has 0 aliphatic carbocycles. The van der Waals surface area contributed by atoms with E-state index in [9.17, 15) is 19.5 Å². The van der Waals surface area contributed by atoms with Gasteiger partial charge in [0.1, 0.15) is 12.1 Å². The number of carbonyl (C=O) groups excluding carboxylic acids is 2. The highest BCUT2D eigenvalue weighted by Crippen LogP contribution is 2.20. The molecule has 31 heavy (non-hydrogen) atoms. The van der Waals surface area contributed by atoms with Crippen molar-refractivity contribution in [1.82, 2.24) is 15.6 Å². The quantitative estimate of drug-likeness (QED) is 0.250. The van der Waals surface area contributed by atoms with E-state index in [2.05, 4.69) is 25.6 Å². The third kappa shape index (κ3) is 5.01. The van der Waals surface area contributed by atoms with Crippen molar-refractivity contribution in [2.45, 2.75) is 25.4 Å². The SMILES string of the molecule is C[C@H](NC(=O)c1ccccc1N=[N+]=[N-])C(=O)N[C@@H](Cc1c[nH]c2ccccc12)C(=O)O. The van der Waals surface area contributed by atoms with Crippen molar-refractivity contribution < 1.29 is 19.5 Å². The zero-order valence-electron chi connectivity index (χ0n) is 16.6. The van der Waals surface area contributed by atoms with Gasteiger partial charge in [-0.15, -0.1) is 0 Å². The van der Waals surface area contributed by atoms with Crippen molar-refractivity contribution in [2.75, 3.05) is 0 Å². The summed E-state index contributed by atoms with van der Waals surface area (Å²) in [6.07, 6.45) is 1.79. The number of azide groups is 1. The molecule has 1 aromatic heterocycles.